The van der Waals surface area contributed by atoms with E-state index in [1.54, 1.807) is 30.3 Å². The molecule has 190 valence electrons. The second kappa shape index (κ2) is 12.7. The van der Waals surface area contributed by atoms with Crippen molar-refractivity contribution in [3.63, 3.8) is 0 Å². The molecule has 0 radical (unpaired) electrons. The van der Waals surface area contributed by atoms with Gasteiger partial charge in [0.1, 0.15) is 18.3 Å². The third kappa shape index (κ3) is 9.72. The molecular weight excluding hydrogens is 478 g/mol. The van der Waals surface area contributed by atoms with Gasteiger partial charge < -0.3 is 14.2 Å². The van der Waals surface area contributed by atoms with E-state index in [-0.39, 0.29) is 29.2 Å². The number of rotatable bonds is 13. The molecule has 0 amide bonds. The van der Waals surface area contributed by atoms with Gasteiger partial charge in [-0.3, -0.25) is 0 Å². The Bertz CT molecular complexity index is 876. The number of hydrogen-bond acceptors (Lipinski definition) is 4. The summed E-state index contributed by atoms with van der Waals surface area (Å²) < 4.78 is 115. The molecule has 1 unspecified atom stereocenters. The molecule has 0 aliphatic rings. The lowest BCUT2D eigenvalue weighted by atomic mass is 10.0. The summed E-state index contributed by atoms with van der Waals surface area (Å²) in [5.41, 5.74) is 1.18. The van der Waals surface area contributed by atoms with Crippen LogP contribution in [0.3, 0.4) is 0 Å². The van der Waals surface area contributed by atoms with Gasteiger partial charge in [-0.1, -0.05) is 30.3 Å². The van der Waals surface area contributed by atoms with Crippen LogP contribution in [0, 0.1) is 0 Å². The third-order valence-electron chi connectivity index (χ3n) is 4.67. The van der Waals surface area contributed by atoms with Gasteiger partial charge in [-0.15, -0.1) is 13.2 Å². The predicted molar refractivity (Wildman–Crippen MR) is 106 cm³/mol. The van der Waals surface area contributed by atoms with Crippen molar-refractivity contribution in [3.8, 4) is 11.5 Å². The minimum atomic E-state index is -4.83. The highest BCUT2D eigenvalue weighted by molar-refractivity contribution is 5.35. The second-order valence-electron chi connectivity index (χ2n) is 7.12. The van der Waals surface area contributed by atoms with Crippen LogP contribution >= 0.6 is 0 Å². The molecule has 0 heterocycles. The number of ether oxygens (including phenoxy) is 3. The number of alkyl halides is 8. The maximum atomic E-state index is 12.8. The van der Waals surface area contributed by atoms with Crippen molar-refractivity contribution in [1.29, 1.82) is 0 Å². The van der Waals surface area contributed by atoms with E-state index in [1.807, 2.05) is 0 Å². The quantitative estimate of drug-likeness (QED) is 0.177. The van der Waals surface area contributed by atoms with Gasteiger partial charge in [-0.2, -0.15) is 18.1 Å². The molecule has 0 aliphatic heterocycles. The van der Waals surface area contributed by atoms with Crippen LogP contribution < -0.4 is 9.47 Å². The van der Waals surface area contributed by atoms with E-state index in [4.69, 9.17) is 9.47 Å². The van der Waals surface area contributed by atoms with Crippen LogP contribution in [-0.4, -0.2) is 44.1 Å². The smallest absolute Gasteiger partial charge is 0.465 e. The maximum Gasteiger partial charge on any atom is 0.573 e. The number of benzene rings is 2. The van der Waals surface area contributed by atoms with E-state index in [0.717, 1.165) is 0 Å². The van der Waals surface area contributed by atoms with Crippen LogP contribution in [0.5, 0.6) is 11.5 Å². The van der Waals surface area contributed by atoms with E-state index >= 15 is 0 Å². The first-order valence-electron chi connectivity index (χ1n) is 10.2. The number of aryl methyl sites for hydroxylation is 2. The van der Waals surface area contributed by atoms with Crippen molar-refractivity contribution in [2.75, 3.05) is 20.2 Å². The molecule has 0 saturated heterocycles. The topological polar surface area (TPSA) is 30.9 Å². The second-order valence-corrected chi connectivity index (χ2v) is 7.12. The van der Waals surface area contributed by atoms with Crippen LogP contribution in [0.2, 0.25) is 0 Å². The Morgan fingerprint density at radius 2 is 1.62 bits per heavy atom. The lowest BCUT2D eigenvalue weighted by Gasteiger charge is -2.23. The molecule has 0 aromatic heterocycles. The fourth-order valence-corrected chi connectivity index (χ4v) is 3.09. The fourth-order valence-electron chi connectivity index (χ4n) is 3.09. The maximum absolute atomic E-state index is 12.8. The van der Waals surface area contributed by atoms with Gasteiger partial charge in [0.2, 0.25) is 6.29 Å². The predicted octanol–water partition coefficient (Wildman–Crippen LogP) is 6.55. The Balaban J connectivity index is 2.00. The van der Waals surface area contributed by atoms with Crippen LogP contribution in [-0.2, 0) is 17.6 Å². The van der Waals surface area contributed by atoms with Crippen molar-refractivity contribution >= 4 is 0 Å². The lowest BCUT2D eigenvalue weighted by molar-refractivity contribution is -0.274. The Morgan fingerprint density at radius 3 is 2.26 bits per heavy atom. The fraction of sp³-hybridized carbons (Fsp3) is 0.455. The zero-order valence-electron chi connectivity index (χ0n) is 17.8. The average Bonchev–Trinajstić information content (AvgIpc) is 2.74. The Hall–Kier alpha value is -2.60. The van der Waals surface area contributed by atoms with Gasteiger partial charge in [-0.05, 0) is 48.6 Å². The first-order chi connectivity index (χ1) is 16.0. The molecule has 0 bridgehead atoms. The van der Waals surface area contributed by atoms with Gasteiger partial charge in [0, 0.05) is 13.0 Å². The molecule has 0 aliphatic carbocycles. The zero-order valence-corrected chi connectivity index (χ0v) is 17.8. The van der Waals surface area contributed by atoms with E-state index in [2.05, 4.69) is 4.74 Å². The molecule has 2 aromatic carbocycles. The first-order valence-corrected chi connectivity index (χ1v) is 10.2. The minimum Gasteiger partial charge on any atom is -0.465 e. The monoisotopic (exact) mass is 501 g/mol. The molecule has 2 rings (SSSR count). The van der Waals surface area contributed by atoms with Crippen molar-refractivity contribution in [2.24, 2.45) is 0 Å². The van der Waals surface area contributed by atoms with Crippen molar-refractivity contribution in [3.05, 3.63) is 59.7 Å². The molecule has 4 nitrogen and oxygen atoms in total. The largest absolute Gasteiger partial charge is 0.573 e. The summed E-state index contributed by atoms with van der Waals surface area (Å²) in [5.74, 6) is -0.0751. The van der Waals surface area contributed by atoms with Crippen molar-refractivity contribution < 1.29 is 49.3 Å². The molecule has 0 N–H and O–H groups in total. The minimum absolute atomic E-state index is 0.137. The first kappa shape index (κ1) is 27.6. The summed E-state index contributed by atoms with van der Waals surface area (Å²) in [6.45, 7) is -3.62. The van der Waals surface area contributed by atoms with E-state index in [9.17, 15) is 35.1 Å². The summed E-state index contributed by atoms with van der Waals surface area (Å²) in [7, 11) is 0. The van der Waals surface area contributed by atoms with Gasteiger partial charge in [0.15, 0.2) is 6.86 Å². The Kier molecular flexibility index (Phi) is 10.4. The average molecular weight is 501 g/mol. The standard InChI is InChI=1S/C22H23F8NO3/c23-14-31(21(25,26)27)12-4-9-20(32-15-24)33-19-8-2-1-6-17(19)11-10-16-5-3-7-18(13-16)34-22(28,29)30/h1-3,5-8,13,20H,4,9-12,14-15H2. The summed E-state index contributed by atoms with van der Waals surface area (Å²) in [5, 5.41) is 0. The molecule has 0 fully saturated rings. The van der Waals surface area contributed by atoms with Crippen LogP contribution in [0.15, 0.2) is 48.5 Å². The summed E-state index contributed by atoms with van der Waals surface area (Å²) in [6.07, 6.45) is -10.5. The van der Waals surface area contributed by atoms with Gasteiger partial charge in [0.25, 0.3) is 0 Å². The molecule has 0 saturated carbocycles. The molecule has 2 aromatic rings. The molecule has 34 heavy (non-hydrogen) atoms. The van der Waals surface area contributed by atoms with Crippen molar-refractivity contribution in [1.82, 2.24) is 4.90 Å². The highest BCUT2D eigenvalue weighted by Crippen LogP contribution is 2.27. The van der Waals surface area contributed by atoms with E-state index in [0.29, 0.717) is 24.0 Å². The molecular formula is C22H23F8NO3. The summed E-state index contributed by atoms with van der Waals surface area (Å²) in [6, 6.07) is 12.0. The molecule has 1 atom stereocenters. The molecule has 12 heteroatoms. The van der Waals surface area contributed by atoms with Gasteiger partial charge >= 0.3 is 12.7 Å². The summed E-state index contributed by atoms with van der Waals surface area (Å²) >= 11 is 0. The molecule has 0 spiro atoms. The van der Waals surface area contributed by atoms with Crippen LogP contribution in [0.25, 0.3) is 0 Å². The number of para-hydroxylation sites is 1. The summed E-state index contributed by atoms with van der Waals surface area (Å²) in [4.78, 5) is -0.329. The Labute approximate surface area is 191 Å². The normalized spacial score (nSPS) is 13.2. The highest BCUT2D eigenvalue weighted by Gasteiger charge is 2.36. The van der Waals surface area contributed by atoms with E-state index < -0.39 is 39.2 Å². The number of hydrogen-bond donors (Lipinski definition) is 0. The zero-order chi connectivity index (χ0) is 25.2. The van der Waals surface area contributed by atoms with Gasteiger partial charge in [0.05, 0.1) is 0 Å². The van der Waals surface area contributed by atoms with Crippen molar-refractivity contribution in [2.45, 2.75) is 44.6 Å². The Morgan fingerprint density at radius 1 is 0.882 bits per heavy atom. The lowest BCUT2D eigenvalue weighted by Crippen LogP contribution is -2.38. The van der Waals surface area contributed by atoms with E-state index in [1.165, 1.54) is 18.2 Å². The SMILES string of the molecule is FCOC(CCCN(CF)C(F)(F)F)Oc1ccccc1CCc1cccc(OC(F)(F)F)c1. The third-order valence-corrected chi connectivity index (χ3v) is 4.67. The number of halogens is 8. The van der Waals surface area contributed by atoms with Crippen LogP contribution in [0.1, 0.15) is 24.0 Å². The van der Waals surface area contributed by atoms with Gasteiger partial charge in [-0.25, -0.2) is 8.78 Å². The van der Waals surface area contributed by atoms with Crippen LogP contribution in [0.4, 0.5) is 35.1 Å². The highest BCUT2D eigenvalue weighted by atomic mass is 19.4. The number of nitrogens with zero attached hydrogens (tertiary/aromatic N) is 1.